The van der Waals surface area contributed by atoms with Crippen LogP contribution in [0.5, 0.6) is 11.5 Å². The summed E-state index contributed by atoms with van der Waals surface area (Å²) in [4.78, 5) is 11.5. The molecule has 5 nitrogen and oxygen atoms in total. The van der Waals surface area contributed by atoms with Crippen LogP contribution >= 0.6 is 0 Å². The van der Waals surface area contributed by atoms with Crippen molar-refractivity contribution in [3.05, 3.63) is 35.9 Å². The lowest BCUT2D eigenvalue weighted by Crippen LogP contribution is -2.39. The van der Waals surface area contributed by atoms with Gasteiger partial charge >= 0.3 is 5.97 Å². The average Bonchev–Trinajstić information content (AvgIpc) is 2.73. The Kier molecular flexibility index (Phi) is 4.20. The molecule has 0 radical (unpaired) electrons. The van der Waals surface area contributed by atoms with Crippen LogP contribution in [0.1, 0.15) is 32.3 Å². The highest BCUT2D eigenvalue weighted by Gasteiger charge is 2.54. The quantitative estimate of drug-likeness (QED) is 0.620. The van der Waals surface area contributed by atoms with Crippen molar-refractivity contribution in [3.8, 4) is 11.5 Å². The summed E-state index contributed by atoms with van der Waals surface area (Å²) in [5, 5.41) is -0.724. The standard InChI is InChI=1S/C18H22O5S/c1-10(2)13-9-22-14-8-11(21-5)6-7-12(14)15(13)16-17(19)23-18(3,4)24(16)20/h6-8,13,15-16H,1,9H2,2-5H3/t13-,15-,16?,24+/m1/s1. The summed E-state index contributed by atoms with van der Waals surface area (Å²) < 4.78 is 29.4. The lowest BCUT2D eigenvalue weighted by Gasteiger charge is -2.36. The number of ether oxygens (including phenoxy) is 3. The molecule has 4 atom stereocenters. The Morgan fingerprint density at radius 2 is 2.12 bits per heavy atom. The first-order valence-electron chi connectivity index (χ1n) is 7.86. The smallest absolute Gasteiger partial charge is 0.324 e. The van der Waals surface area contributed by atoms with E-state index in [9.17, 15) is 9.00 Å². The normalized spacial score (nSPS) is 30.9. The van der Waals surface area contributed by atoms with Gasteiger partial charge in [-0.2, -0.15) is 0 Å². The second kappa shape index (κ2) is 5.92. The first-order valence-corrected chi connectivity index (χ1v) is 9.07. The molecule has 1 aromatic rings. The monoisotopic (exact) mass is 350 g/mol. The van der Waals surface area contributed by atoms with Gasteiger partial charge in [0.2, 0.25) is 0 Å². The van der Waals surface area contributed by atoms with Crippen LogP contribution in [0.4, 0.5) is 0 Å². The van der Waals surface area contributed by atoms with Crippen LogP contribution in [0.15, 0.2) is 30.4 Å². The maximum absolute atomic E-state index is 12.9. The van der Waals surface area contributed by atoms with Gasteiger partial charge in [0, 0.05) is 23.5 Å². The number of benzene rings is 1. The van der Waals surface area contributed by atoms with Gasteiger partial charge in [0.25, 0.3) is 0 Å². The van der Waals surface area contributed by atoms with Crippen LogP contribution in [0, 0.1) is 5.92 Å². The highest BCUT2D eigenvalue weighted by Crippen LogP contribution is 2.47. The van der Waals surface area contributed by atoms with Gasteiger partial charge in [0.15, 0.2) is 4.93 Å². The minimum Gasteiger partial charge on any atom is -0.497 e. The molecule has 24 heavy (non-hydrogen) atoms. The third-order valence-electron chi connectivity index (χ3n) is 4.68. The molecule has 2 aliphatic rings. The van der Waals surface area contributed by atoms with Crippen molar-refractivity contribution in [1.29, 1.82) is 0 Å². The molecule has 2 heterocycles. The maximum atomic E-state index is 12.9. The maximum Gasteiger partial charge on any atom is 0.324 e. The molecule has 1 unspecified atom stereocenters. The zero-order valence-electron chi connectivity index (χ0n) is 14.3. The molecule has 1 aromatic carbocycles. The van der Waals surface area contributed by atoms with Crippen molar-refractivity contribution in [1.82, 2.24) is 0 Å². The van der Waals surface area contributed by atoms with Gasteiger partial charge < -0.3 is 14.2 Å². The number of fused-ring (bicyclic) bond motifs is 1. The Hall–Kier alpha value is -1.82. The van der Waals surface area contributed by atoms with E-state index >= 15 is 0 Å². The summed E-state index contributed by atoms with van der Waals surface area (Å²) in [6.45, 7) is 9.71. The van der Waals surface area contributed by atoms with Gasteiger partial charge in [-0.25, -0.2) is 0 Å². The third-order valence-corrected chi connectivity index (χ3v) is 6.68. The summed E-state index contributed by atoms with van der Waals surface area (Å²) in [5.41, 5.74) is 1.75. The predicted octanol–water partition coefficient (Wildman–Crippen LogP) is 2.77. The van der Waals surface area contributed by atoms with Crippen LogP contribution in [-0.4, -0.2) is 34.1 Å². The number of hydrogen-bond acceptors (Lipinski definition) is 5. The predicted molar refractivity (Wildman–Crippen MR) is 91.6 cm³/mol. The minimum atomic E-state index is -1.45. The van der Waals surface area contributed by atoms with Gasteiger partial charge in [-0.3, -0.25) is 9.00 Å². The Morgan fingerprint density at radius 3 is 2.67 bits per heavy atom. The fraction of sp³-hybridized carbons (Fsp3) is 0.500. The van der Waals surface area contributed by atoms with Crippen LogP contribution in [0.2, 0.25) is 0 Å². The van der Waals surface area contributed by atoms with E-state index in [0.29, 0.717) is 18.1 Å². The molecule has 0 aliphatic carbocycles. The molecule has 0 bridgehead atoms. The molecule has 3 rings (SSSR count). The molecule has 2 aliphatic heterocycles. The summed E-state index contributed by atoms with van der Waals surface area (Å²) >= 11 is 0. The van der Waals surface area contributed by atoms with Crippen molar-refractivity contribution < 1.29 is 23.2 Å². The fourth-order valence-corrected chi connectivity index (χ4v) is 4.98. The highest BCUT2D eigenvalue weighted by atomic mass is 32.2. The Bertz CT molecular complexity index is 724. The number of rotatable bonds is 3. The fourth-order valence-electron chi connectivity index (χ4n) is 3.38. The largest absolute Gasteiger partial charge is 0.497 e. The number of cyclic esters (lactones) is 1. The van der Waals surface area contributed by atoms with E-state index in [2.05, 4.69) is 6.58 Å². The molecule has 0 N–H and O–H groups in total. The molecular formula is C18H22O5S. The molecular weight excluding hydrogens is 328 g/mol. The number of carbonyl (C=O) groups is 1. The number of hydrogen-bond donors (Lipinski definition) is 0. The van der Waals surface area contributed by atoms with Gasteiger partial charge in [-0.1, -0.05) is 18.2 Å². The molecule has 130 valence electrons. The van der Waals surface area contributed by atoms with E-state index in [-0.39, 0.29) is 11.8 Å². The van der Waals surface area contributed by atoms with Crippen molar-refractivity contribution in [3.63, 3.8) is 0 Å². The molecule has 0 aromatic heterocycles. The Morgan fingerprint density at radius 1 is 1.42 bits per heavy atom. The van der Waals surface area contributed by atoms with Crippen molar-refractivity contribution in [2.45, 2.75) is 36.9 Å². The first-order chi connectivity index (χ1) is 11.3. The van der Waals surface area contributed by atoms with E-state index in [0.717, 1.165) is 11.1 Å². The second-order valence-electron chi connectivity index (χ2n) is 6.73. The van der Waals surface area contributed by atoms with Gasteiger partial charge in [-0.15, -0.1) is 0 Å². The summed E-state index contributed by atoms with van der Waals surface area (Å²) in [5.74, 6) is 0.537. The lowest BCUT2D eigenvalue weighted by molar-refractivity contribution is -0.146. The lowest BCUT2D eigenvalue weighted by atomic mass is 9.78. The van der Waals surface area contributed by atoms with Crippen LogP contribution in [0.3, 0.4) is 0 Å². The van der Waals surface area contributed by atoms with Crippen LogP contribution < -0.4 is 9.47 Å². The average molecular weight is 350 g/mol. The Balaban J connectivity index is 2.11. The second-order valence-corrected chi connectivity index (χ2v) is 8.82. The highest BCUT2D eigenvalue weighted by molar-refractivity contribution is 7.88. The van der Waals surface area contributed by atoms with E-state index in [4.69, 9.17) is 14.2 Å². The van der Waals surface area contributed by atoms with Gasteiger partial charge in [0.05, 0.1) is 24.5 Å². The van der Waals surface area contributed by atoms with Gasteiger partial charge in [0.1, 0.15) is 16.7 Å². The SMILES string of the molecule is C=C(C)[C@H]1COc2cc(OC)ccc2[C@H]1C1C(=O)OC(C)(C)[S@]1=O. The Labute approximate surface area is 144 Å². The number of esters is 1. The van der Waals surface area contributed by atoms with E-state index in [1.54, 1.807) is 27.0 Å². The molecule has 1 fully saturated rings. The number of carbonyl (C=O) groups excluding carboxylic acids is 1. The summed E-state index contributed by atoms with van der Waals surface area (Å²) in [6, 6.07) is 5.50. The van der Waals surface area contributed by atoms with E-state index < -0.39 is 27.0 Å². The summed E-state index contributed by atoms with van der Waals surface area (Å²) in [7, 11) is 0.138. The van der Waals surface area contributed by atoms with E-state index in [1.165, 1.54) is 0 Å². The van der Waals surface area contributed by atoms with Crippen molar-refractivity contribution in [2.24, 2.45) is 5.92 Å². The van der Waals surface area contributed by atoms with E-state index in [1.807, 2.05) is 19.1 Å². The molecule has 0 amide bonds. The van der Waals surface area contributed by atoms with Crippen LogP contribution in [0.25, 0.3) is 0 Å². The summed E-state index contributed by atoms with van der Waals surface area (Å²) in [6.07, 6.45) is 0. The zero-order chi connectivity index (χ0) is 17.6. The van der Waals surface area contributed by atoms with Gasteiger partial charge in [-0.05, 0) is 26.8 Å². The molecule has 6 heteroatoms. The molecule has 1 saturated heterocycles. The third kappa shape index (κ3) is 2.62. The zero-order valence-corrected chi connectivity index (χ0v) is 15.1. The van der Waals surface area contributed by atoms with Crippen LogP contribution in [-0.2, 0) is 20.3 Å². The minimum absolute atomic E-state index is 0.0960. The topological polar surface area (TPSA) is 61.8 Å². The number of methoxy groups -OCH3 is 1. The van der Waals surface area contributed by atoms with Crippen molar-refractivity contribution in [2.75, 3.05) is 13.7 Å². The molecule has 0 spiro atoms. The van der Waals surface area contributed by atoms with Crippen molar-refractivity contribution >= 4 is 16.8 Å². The first kappa shape index (κ1) is 17.0. The molecule has 0 saturated carbocycles.